The van der Waals surface area contributed by atoms with Crippen molar-refractivity contribution in [1.29, 1.82) is 0 Å². The van der Waals surface area contributed by atoms with E-state index in [1.54, 1.807) is 56.3 Å². The van der Waals surface area contributed by atoms with Crippen molar-refractivity contribution >= 4 is 55.1 Å². The van der Waals surface area contributed by atoms with Crippen LogP contribution in [0, 0.1) is 107 Å². The van der Waals surface area contributed by atoms with Crippen molar-refractivity contribution in [3.8, 4) is 0 Å². The number of aryl methyl sites for hydroxylation is 13. The van der Waals surface area contributed by atoms with E-state index in [1.165, 1.54) is 98.9 Å². The molecule has 0 atom stereocenters. The van der Waals surface area contributed by atoms with Crippen molar-refractivity contribution in [2.24, 2.45) is 0 Å². The molecule has 0 aliphatic heterocycles. The van der Waals surface area contributed by atoms with Gasteiger partial charge in [-0.3, -0.25) is 0 Å². The van der Waals surface area contributed by atoms with Crippen molar-refractivity contribution < 1.29 is 39.5 Å². The molecule has 0 saturated heterocycles. The van der Waals surface area contributed by atoms with Crippen LogP contribution in [0.15, 0.2) is 276 Å². The van der Waals surface area contributed by atoms with E-state index in [0.29, 0.717) is 11.1 Å². The lowest BCUT2D eigenvalue weighted by atomic mass is 10.1. The molecular formula is C81H83Br2Cl2F9. The van der Waals surface area contributed by atoms with Crippen molar-refractivity contribution in [2.75, 3.05) is 0 Å². The van der Waals surface area contributed by atoms with Crippen LogP contribution in [-0.4, -0.2) is 0 Å². The Kier molecular flexibility index (Phi) is 41.7. The average Bonchev–Trinajstić information content (AvgIpc) is 1.22. The summed E-state index contributed by atoms with van der Waals surface area (Å²) in [6.45, 7) is 25.2. The van der Waals surface area contributed by atoms with Crippen LogP contribution < -0.4 is 0 Å². The highest BCUT2D eigenvalue weighted by atomic mass is 79.9. The third-order valence-electron chi connectivity index (χ3n) is 12.6. The quantitative estimate of drug-likeness (QED) is 0.133. The molecular weight excluding hydrogens is 1370 g/mol. The molecule has 498 valence electrons. The van der Waals surface area contributed by atoms with E-state index in [-0.39, 0.29) is 23.0 Å². The summed E-state index contributed by atoms with van der Waals surface area (Å²) in [7, 11) is 0. The molecule has 0 saturated carbocycles. The van der Waals surface area contributed by atoms with Gasteiger partial charge in [0.05, 0.1) is 11.1 Å². The van der Waals surface area contributed by atoms with E-state index in [2.05, 4.69) is 140 Å². The van der Waals surface area contributed by atoms with E-state index in [1.807, 2.05) is 119 Å². The van der Waals surface area contributed by atoms with Crippen LogP contribution in [-0.2, 0) is 12.4 Å². The fourth-order valence-electron chi connectivity index (χ4n) is 7.18. The monoisotopic (exact) mass is 1450 g/mol. The minimum absolute atomic E-state index is 0.132. The zero-order chi connectivity index (χ0) is 70.8. The van der Waals surface area contributed by atoms with Crippen LogP contribution in [0.1, 0.15) is 83.5 Å². The Morgan fingerprint density at radius 3 is 0.936 bits per heavy atom. The molecule has 0 N–H and O–H groups in total. The topological polar surface area (TPSA) is 0 Å². The highest BCUT2D eigenvalue weighted by Crippen LogP contribution is 2.31. The zero-order valence-corrected chi connectivity index (χ0v) is 60.0. The Balaban J connectivity index is 0.000000518. The first-order valence-electron chi connectivity index (χ1n) is 29.5. The molecule has 0 aliphatic rings. The van der Waals surface area contributed by atoms with Gasteiger partial charge in [0.25, 0.3) is 0 Å². The molecule has 0 aliphatic carbocycles. The average molecular weight is 1460 g/mol. The van der Waals surface area contributed by atoms with Crippen LogP contribution in [0.4, 0.5) is 39.5 Å². The predicted molar refractivity (Wildman–Crippen MR) is 388 cm³/mol. The van der Waals surface area contributed by atoms with Gasteiger partial charge in [0.15, 0.2) is 0 Å². The van der Waals surface area contributed by atoms with Crippen LogP contribution in [0.3, 0.4) is 0 Å². The maximum Gasteiger partial charge on any atom is 0.416 e. The van der Waals surface area contributed by atoms with Crippen molar-refractivity contribution in [2.45, 2.75) is 102 Å². The third-order valence-corrected chi connectivity index (χ3v) is 14.6. The van der Waals surface area contributed by atoms with Crippen LogP contribution >= 0.6 is 55.1 Å². The summed E-state index contributed by atoms with van der Waals surface area (Å²) in [6.07, 6.45) is -8.43. The minimum atomic E-state index is -4.22. The van der Waals surface area contributed by atoms with E-state index in [9.17, 15) is 39.5 Å². The van der Waals surface area contributed by atoms with Crippen LogP contribution in [0.25, 0.3) is 0 Å². The second kappa shape index (κ2) is 46.4. The number of hydrogen-bond donors (Lipinski definition) is 0. The summed E-state index contributed by atoms with van der Waals surface area (Å²) in [5, 5.41) is 1.65. The van der Waals surface area contributed by atoms with Crippen LogP contribution in [0.2, 0.25) is 10.0 Å². The van der Waals surface area contributed by atoms with Gasteiger partial charge in [0.1, 0.15) is 17.5 Å². The third kappa shape index (κ3) is 41.1. The smallest absolute Gasteiger partial charge is 0.207 e. The van der Waals surface area contributed by atoms with Crippen molar-refractivity contribution in [1.82, 2.24) is 0 Å². The van der Waals surface area contributed by atoms with E-state index in [0.717, 1.165) is 49.4 Å². The zero-order valence-electron chi connectivity index (χ0n) is 55.3. The molecule has 11 aromatic rings. The Labute approximate surface area is 579 Å². The van der Waals surface area contributed by atoms with E-state index >= 15 is 0 Å². The summed E-state index contributed by atoms with van der Waals surface area (Å²) in [5.74, 6) is -0.465. The normalized spacial score (nSPS) is 9.81. The maximum absolute atomic E-state index is 12.3. The first-order valence-corrected chi connectivity index (χ1v) is 31.9. The second-order valence-electron chi connectivity index (χ2n) is 21.4. The number of hydrogen-bond acceptors (Lipinski definition) is 0. The Hall–Kier alpha value is -7.67. The molecule has 0 nitrogen and oxygen atoms in total. The van der Waals surface area contributed by atoms with E-state index < -0.39 is 23.5 Å². The number of halogens is 13. The largest absolute Gasteiger partial charge is 0.416 e. The molecule has 0 unspecified atom stereocenters. The summed E-state index contributed by atoms with van der Waals surface area (Å²) >= 11 is 18.1. The summed E-state index contributed by atoms with van der Waals surface area (Å²) < 4.78 is 111. The highest BCUT2D eigenvalue weighted by molar-refractivity contribution is 9.10. The van der Waals surface area contributed by atoms with Gasteiger partial charge in [-0.25, -0.2) is 13.2 Å². The van der Waals surface area contributed by atoms with Crippen LogP contribution in [0.5, 0.6) is 0 Å². The fourth-order valence-corrected chi connectivity index (χ4v) is 8.36. The summed E-state index contributed by atoms with van der Waals surface area (Å²) in [4.78, 5) is 0. The van der Waals surface area contributed by atoms with Gasteiger partial charge in [0.2, 0.25) is 0 Å². The van der Waals surface area contributed by atoms with Gasteiger partial charge < -0.3 is 0 Å². The van der Waals surface area contributed by atoms with Crippen molar-refractivity contribution in [3.63, 3.8) is 0 Å². The van der Waals surface area contributed by atoms with Gasteiger partial charge in [-0.2, -0.15) is 26.3 Å². The SMILES string of the molecule is Cc1ccc(F)cc1.Cc1cccc(Br)c1.Cc1cccc(C(F)(F)F)c1.Cc1cccc(C)c1.Cc1cccc(Cl)c1.Cc1cccc(F)c1.Cc1ccccc1Br.Cc1ccccc1C.Cc1ccccc1C(F)(F)F.Cc1ccccc1Cl.Cc1ccccc1F. The maximum atomic E-state index is 12.3. The summed E-state index contributed by atoms with van der Waals surface area (Å²) in [6, 6.07) is 79.0. The Morgan fingerprint density at radius 2 is 0.670 bits per heavy atom. The van der Waals surface area contributed by atoms with E-state index in [4.69, 9.17) is 23.2 Å². The molecule has 11 rings (SSSR count). The Bertz CT molecular complexity index is 3340. The van der Waals surface area contributed by atoms with Gasteiger partial charge in [0, 0.05) is 19.0 Å². The molecule has 0 radical (unpaired) electrons. The van der Waals surface area contributed by atoms with Gasteiger partial charge >= 0.3 is 12.4 Å². The molecule has 0 heterocycles. The molecule has 13 heteroatoms. The Morgan fingerprint density at radius 1 is 0.277 bits per heavy atom. The minimum Gasteiger partial charge on any atom is -0.207 e. The van der Waals surface area contributed by atoms with Gasteiger partial charge in [-0.1, -0.05) is 271 Å². The standard InChI is InChI=1S/2C8H7F3.2C8H10.2C7H7Br.2C7H7Cl.3C7H7F/c1-6-3-2-4-7(5-6)8(9,10)11;1-6-4-2-3-5-7(6)8(9,10)11;1-7-4-3-5-8(2)6-7;1-7-5-3-4-6-8(7)2;1-6-3-2-4-7(8)5-6;1-6-4-2-3-5-7(6)8;1-6-3-2-4-7(8)5-6;1-6-4-2-3-5-7(6)8;1-6-2-4-7(8)5-3-6;1-6-3-2-4-7(8)5-6;1-6-4-2-3-5-7(6)8/h2*2-5H,1H3;2*3-6H,1-2H3;7*2-5H,1H3. The lowest BCUT2D eigenvalue weighted by Gasteiger charge is -2.08. The number of alkyl halides is 6. The lowest BCUT2D eigenvalue weighted by Crippen LogP contribution is -2.06. The fraction of sp³-hybridized carbons (Fsp3) is 0.185. The number of rotatable bonds is 0. The van der Waals surface area contributed by atoms with Gasteiger partial charge in [-0.05, 0) is 213 Å². The lowest BCUT2D eigenvalue weighted by molar-refractivity contribution is -0.138. The molecule has 0 aromatic heterocycles. The molecule has 0 fully saturated rings. The first-order chi connectivity index (χ1) is 44.2. The molecule has 0 amide bonds. The summed E-state index contributed by atoms with van der Waals surface area (Å²) in [5.41, 5.74) is 12.8. The number of benzene rings is 11. The predicted octanol–water partition coefficient (Wildman–Crippen LogP) is 27.8. The molecule has 94 heavy (non-hydrogen) atoms. The molecule has 0 spiro atoms. The van der Waals surface area contributed by atoms with Gasteiger partial charge in [-0.15, -0.1) is 0 Å². The highest BCUT2D eigenvalue weighted by Gasteiger charge is 2.31. The second-order valence-corrected chi connectivity index (χ2v) is 24.0. The molecule has 0 bridgehead atoms. The van der Waals surface area contributed by atoms with Crippen molar-refractivity contribution in [3.05, 3.63) is 387 Å². The first kappa shape index (κ1) is 84.3. The molecule has 11 aromatic carbocycles.